The molecule has 0 saturated heterocycles. The topological polar surface area (TPSA) is 81.7 Å². The zero-order valence-corrected chi connectivity index (χ0v) is 16.9. The van der Waals surface area contributed by atoms with Crippen molar-refractivity contribution >= 4 is 7.82 Å². The van der Waals surface area contributed by atoms with Gasteiger partial charge in [0.05, 0.1) is 21.0 Å². The van der Waals surface area contributed by atoms with Crippen molar-refractivity contribution in [2.24, 2.45) is 5.92 Å². The smallest absolute Gasteiger partial charge is 0.790 e. The van der Waals surface area contributed by atoms with Crippen LogP contribution in [-0.4, -0.2) is 19.8 Å². The summed E-state index contributed by atoms with van der Waals surface area (Å²) in [5.41, 5.74) is 0. The summed E-state index contributed by atoms with van der Waals surface area (Å²) in [6, 6.07) is 0. The molecular formula is C10H21Na2O5P. The van der Waals surface area contributed by atoms with Gasteiger partial charge in [0.25, 0.3) is 0 Å². The van der Waals surface area contributed by atoms with Crippen LogP contribution in [0, 0.1) is 5.92 Å². The van der Waals surface area contributed by atoms with Crippen LogP contribution >= 0.6 is 7.82 Å². The van der Waals surface area contributed by atoms with Gasteiger partial charge in [-0.3, -0.25) is 0 Å². The van der Waals surface area contributed by atoms with Crippen molar-refractivity contribution < 1.29 is 82.7 Å². The summed E-state index contributed by atoms with van der Waals surface area (Å²) < 4.78 is 19.2. The van der Waals surface area contributed by atoms with Gasteiger partial charge in [-0.25, -0.2) is 0 Å². The van der Waals surface area contributed by atoms with Crippen molar-refractivity contribution in [2.45, 2.75) is 39.5 Å². The Bertz CT molecular complexity index is 210. The number of ether oxygens (including phenoxy) is 1. The van der Waals surface area contributed by atoms with E-state index >= 15 is 0 Å². The summed E-state index contributed by atoms with van der Waals surface area (Å²) in [6.07, 6.45) is 4.48. The van der Waals surface area contributed by atoms with E-state index in [1.165, 1.54) is 12.8 Å². The Morgan fingerprint density at radius 1 is 1.00 bits per heavy atom. The summed E-state index contributed by atoms with van der Waals surface area (Å²) in [5.74, 6) is 0.734. The van der Waals surface area contributed by atoms with E-state index in [2.05, 4.69) is 18.4 Å². The molecule has 0 rings (SSSR count). The average Bonchev–Trinajstić information content (AvgIpc) is 2.13. The van der Waals surface area contributed by atoms with Crippen LogP contribution in [0.5, 0.6) is 0 Å². The average molecular weight is 298 g/mol. The number of hydrogen-bond donors (Lipinski definition) is 0. The summed E-state index contributed by atoms with van der Waals surface area (Å²) in [5, 5.41) is 0. The molecule has 5 nitrogen and oxygen atoms in total. The summed E-state index contributed by atoms with van der Waals surface area (Å²) >= 11 is 0. The minimum atomic E-state index is -4.82. The normalized spacial score (nSPS) is 10.9. The van der Waals surface area contributed by atoms with Crippen molar-refractivity contribution in [2.75, 3.05) is 19.8 Å². The maximum absolute atomic E-state index is 10.1. The zero-order chi connectivity index (χ0) is 12.4. The van der Waals surface area contributed by atoms with Crippen LogP contribution < -0.4 is 68.9 Å². The number of unbranched alkanes of at least 4 members (excludes halogenated alkanes) is 2. The molecule has 0 saturated carbocycles. The largest absolute Gasteiger partial charge is 1.00 e. The van der Waals surface area contributed by atoms with Crippen LogP contribution in [0.15, 0.2) is 0 Å². The molecule has 98 valence electrons. The Hall–Kier alpha value is 2.07. The van der Waals surface area contributed by atoms with Gasteiger partial charge in [-0.15, -0.1) is 0 Å². The predicted molar refractivity (Wildman–Crippen MR) is 57.7 cm³/mol. The fourth-order valence-electron chi connectivity index (χ4n) is 1.24. The third-order valence-electron chi connectivity index (χ3n) is 2.05. The monoisotopic (exact) mass is 298 g/mol. The summed E-state index contributed by atoms with van der Waals surface area (Å²) in [4.78, 5) is 20.1. The molecule has 0 aromatic rings. The molecule has 0 unspecified atom stereocenters. The summed E-state index contributed by atoms with van der Waals surface area (Å²) in [6.45, 7) is 4.94. The first-order valence-electron chi connectivity index (χ1n) is 5.66. The Morgan fingerprint density at radius 2 is 1.61 bits per heavy atom. The van der Waals surface area contributed by atoms with Gasteiger partial charge in [0.15, 0.2) is 0 Å². The Morgan fingerprint density at radius 3 is 2.11 bits per heavy atom. The molecule has 0 aliphatic heterocycles. The standard InChI is InChI=1S/C10H23O5P.2Na/c1-10(2)6-4-3-5-7-14-8-9-15-16(11,12)13;;/h10H,3-9H2,1-2H3,(H2,11,12,13);;/q;2*+1/p-2. The van der Waals surface area contributed by atoms with Crippen molar-refractivity contribution in [1.82, 2.24) is 0 Å². The molecule has 0 fully saturated rings. The maximum Gasteiger partial charge on any atom is 1.00 e. The molecule has 0 aromatic carbocycles. The van der Waals surface area contributed by atoms with Crippen LogP contribution in [0.3, 0.4) is 0 Å². The van der Waals surface area contributed by atoms with Gasteiger partial charge in [0, 0.05) is 6.61 Å². The quantitative estimate of drug-likeness (QED) is 0.229. The van der Waals surface area contributed by atoms with Crippen molar-refractivity contribution in [3.63, 3.8) is 0 Å². The van der Waals surface area contributed by atoms with Crippen LogP contribution in [0.25, 0.3) is 0 Å². The molecule has 0 radical (unpaired) electrons. The molecule has 0 heterocycles. The van der Waals surface area contributed by atoms with Crippen LogP contribution in [-0.2, 0) is 13.8 Å². The number of hydrogen-bond acceptors (Lipinski definition) is 5. The van der Waals surface area contributed by atoms with E-state index < -0.39 is 7.82 Å². The molecule has 0 aliphatic carbocycles. The van der Waals surface area contributed by atoms with Crippen molar-refractivity contribution in [1.29, 1.82) is 0 Å². The van der Waals surface area contributed by atoms with Gasteiger partial charge in [-0.2, -0.15) is 0 Å². The van der Waals surface area contributed by atoms with Crippen molar-refractivity contribution in [3.05, 3.63) is 0 Å². The third-order valence-corrected chi connectivity index (χ3v) is 2.55. The molecule has 0 amide bonds. The molecule has 0 spiro atoms. The van der Waals surface area contributed by atoms with Crippen molar-refractivity contribution in [3.8, 4) is 0 Å². The first-order chi connectivity index (χ1) is 7.42. The second-order valence-electron chi connectivity index (χ2n) is 4.14. The third kappa shape index (κ3) is 23.2. The second kappa shape index (κ2) is 15.5. The molecule has 0 bridgehead atoms. The van der Waals surface area contributed by atoms with Crippen LogP contribution in [0.1, 0.15) is 39.5 Å². The SMILES string of the molecule is CC(C)CCCCCOCCOP(=O)([O-])[O-].[Na+].[Na+]. The minimum absolute atomic E-state index is 0. The molecule has 0 aliphatic rings. The first-order valence-corrected chi connectivity index (χ1v) is 7.12. The van der Waals surface area contributed by atoms with E-state index in [1.54, 1.807) is 0 Å². The summed E-state index contributed by atoms with van der Waals surface area (Å²) in [7, 11) is -4.82. The second-order valence-corrected chi connectivity index (χ2v) is 5.29. The molecule has 8 heteroatoms. The van der Waals surface area contributed by atoms with E-state index in [-0.39, 0.29) is 72.3 Å². The van der Waals surface area contributed by atoms with E-state index in [0.29, 0.717) is 6.61 Å². The van der Waals surface area contributed by atoms with E-state index in [9.17, 15) is 14.4 Å². The Labute approximate surface area is 154 Å². The minimum Gasteiger partial charge on any atom is -0.790 e. The van der Waals surface area contributed by atoms with Gasteiger partial charge in [-0.05, 0) is 12.3 Å². The van der Waals surface area contributed by atoms with Gasteiger partial charge >= 0.3 is 59.1 Å². The zero-order valence-electron chi connectivity index (χ0n) is 12.0. The van der Waals surface area contributed by atoms with Gasteiger partial charge in [0.1, 0.15) is 0 Å². The predicted octanol–water partition coefficient (Wildman–Crippen LogP) is -4.93. The number of phosphoric acid groups is 1. The van der Waals surface area contributed by atoms with E-state index in [0.717, 1.165) is 18.8 Å². The van der Waals surface area contributed by atoms with E-state index in [1.807, 2.05) is 0 Å². The Balaban J connectivity index is -0.00000112. The number of rotatable bonds is 10. The van der Waals surface area contributed by atoms with Crippen LogP contribution in [0.4, 0.5) is 0 Å². The first kappa shape index (κ1) is 25.0. The maximum atomic E-state index is 10.1. The fraction of sp³-hybridized carbons (Fsp3) is 1.00. The molecule has 0 aromatic heterocycles. The van der Waals surface area contributed by atoms with Gasteiger partial charge < -0.3 is 23.6 Å². The molecule has 0 N–H and O–H groups in total. The Kier molecular flexibility index (Phi) is 21.5. The molecular weight excluding hydrogens is 277 g/mol. The molecule has 0 atom stereocenters. The molecule has 18 heavy (non-hydrogen) atoms. The van der Waals surface area contributed by atoms with E-state index in [4.69, 9.17) is 4.74 Å². The number of phosphoric ester groups is 1. The fourth-order valence-corrected chi connectivity index (χ4v) is 1.54. The van der Waals surface area contributed by atoms with Crippen LogP contribution in [0.2, 0.25) is 0 Å². The van der Waals surface area contributed by atoms with Gasteiger partial charge in [0.2, 0.25) is 0 Å². The van der Waals surface area contributed by atoms with Gasteiger partial charge in [-0.1, -0.05) is 33.1 Å².